The Morgan fingerprint density at radius 2 is 1.73 bits per heavy atom. The molecule has 0 N–H and O–H groups in total. The second kappa shape index (κ2) is 8.47. The molecule has 1 aliphatic rings. The summed E-state index contributed by atoms with van der Waals surface area (Å²) in [5.41, 5.74) is 6.01. The summed E-state index contributed by atoms with van der Waals surface area (Å²) in [5.74, 6) is 1.31. The highest BCUT2D eigenvalue weighted by Crippen LogP contribution is 2.45. The number of alkyl halides is 3. The van der Waals surface area contributed by atoms with Gasteiger partial charge < -0.3 is 9.47 Å². The molecule has 188 valence electrons. The number of rotatable bonds is 5. The number of fused-ring (bicyclic) bond motifs is 1. The summed E-state index contributed by atoms with van der Waals surface area (Å²) in [6, 6.07) is 18.7. The molecule has 6 nitrogen and oxygen atoms in total. The van der Waals surface area contributed by atoms with Crippen molar-refractivity contribution in [1.82, 2.24) is 24.3 Å². The molecule has 0 spiro atoms. The lowest BCUT2D eigenvalue weighted by atomic mass is 9.99. The molecule has 3 heterocycles. The van der Waals surface area contributed by atoms with Crippen LogP contribution in [0.25, 0.3) is 28.0 Å². The van der Waals surface area contributed by atoms with Gasteiger partial charge in [0.2, 0.25) is 0 Å². The number of aromatic nitrogens is 5. The third kappa shape index (κ3) is 4.14. The Hall–Kier alpha value is -4.14. The maximum atomic E-state index is 13.1. The third-order valence-corrected chi connectivity index (χ3v) is 6.94. The number of anilines is 2. The maximum Gasteiger partial charge on any atom is 0.435 e. The summed E-state index contributed by atoms with van der Waals surface area (Å²) in [6.07, 6.45) is -0.305. The topological polar surface area (TPSA) is 51.8 Å². The van der Waals surface area contributed by atoms with Crippen molar-refractivity contribution in [3.8, 4) is 16.9 Å². The van der Waals surface area contributed by atoms with Gasteiger partial charge >= 0.3 is 6.18 Å². The molecule has 5 aromatic rings. The first-order valence-corrected chi connectivity index (χ1v) is 12.1. The summed E-state index contributed by atoms with van der Waals surface area (Å²) in [6.45, 7) is 1.61. The van der Waals surface area contributed by atoms with Crippen LogP contribution in [0.5, 0.6) is 0 Å². The number of benzene rings is 2. The van der Waals surface area contributed by atoms with Crippen LogP contribution < -0.4 is 4.90 Å². The van der Waals surface area contributed by atoms with Crippen molar-refractivity contribution >= 4 is 22.5 Å². The quantitative estimate of drug-likeness (QED) is 0.265. The van der Waals surface area contributed by atoms with Crippen LogP contribution >= 0.6 is 0 Å². The first-order chi connectivity index (χ1) is 17.7. The molecule has 0 radical (unpaired) electrons. The number of nitrogens with zero attached hydrogens (tertiary/aromatic N) is 6. The van der Waals surface area contributed by atoms with Crippen molar-refractivity contribution in [2.75, 3.05) is 11.9 Å². The van der Waals surface area contributed by atoms with Crippen molar-refractivity contribution in [1.29, 1.82) is 0 Å². The predicted molar refractivity (Wildman–Crippen MR) is 137 cm³/mol. The normalized spacial score (nSPS) is 13.9. The zero-order valence-corrected chi connectivity index (χ0v) is 20.7. The molecule has 1 aliphatic carbocycles. The predicted octanol–water partition coefficient (Wildman–Crippen LogP) is 6.79. The van der Waals surface area contributed by atoms with Gasteiger partial charge in [-0.1, -0.05) is 24.3 Å². The monoisotopic (exact) mass is 502 g/mol. The lowest BCUT2D eigenvalue weighted by Gasteiger charge is -2.21. The van der Waals surface area contributed by atoms with Gasteiger partial charge in [-0.3, -0.25) is 0 Å². The summed E-state index contributed by atoms with van der Waals surface area (Å²) in [5, 5.41) is 3.75. The molecule has 3 aromatic heterocycles. The second-order valence-electron chi connectivity index (χ2n) is 9.57. The molecule has 6 rings (SSSR count). The zero-order valence-electron chi connectivity index (χ0n) is 20.7. The van der Waals surface area contributed by atoms with Crippen LogP contribution in [-0.2, 0) is 13.2 Å². The lowest BCUT2D eigenvalue weighted by Crippen LogP contribution is -2.12. The van der Waals surface area contributed by atoms with E-state index in [1.54, 1.807) is 25.4 Å². The van der Waals surface area contributed by atoms with E-state index in [-0.39, 0.29) is 0 Å². The Labute approximate surface area is 212 Å². The Balaban J connectivity index is 1.39. The standard InChI is InChI=1S/C28H25F3N6/c1-17-14-24(28(29,30)31)34-37(17)20-12-10-19(11-13-20)36(3)25-15-23-27(32-16-35(23)2)26(33-25)22-7-5-4-6-21(22)18-8-9-18/h4-7,10-16,18H,8-9H2,1-3H3. The second-order valence-corrected chi connectivity index (χ2v) is 9.57. The van der Waals surface area contributed by atoms with Gasteiger partial charge in [-0.2, -0.15) is 18.3 Å². The van der Waals surface area contributed by atoms with E-state index >= 15 is 0 Å². The van der Waals surface area contributed by atoms with E-state index in [4.69, 9.17) is 4.98 Å². The SMILES string of the molecule is Cc1cc(C(F)(F)F)nn1-c1ccc(N(C)c2cc3c(ncn3C)c(-c3ccccc3C3CC3)n2)cc1. The van der Waals surface area contributed by atoms with Crippen molar-refractivity contribution in [3.63, 3.8) is 0 Å². The first-order valence-electron chi connectivity index (χ1n) is 12.1. The van der Waals surface area contributed by atoms with Crippen LogP contribution in [0, 0.1) is 6.92 Å². The molecule has 0 amide bonds. The number of hydrogen-bond donors (Lipinski definition) is 0. The van der Waals surface area contributed by atoms with Gasteiger partial charge in [0.05, 0.1) is 17.5 Å². The van der Waals surface area contributed by atoms with Crippen LogP contribution in [0.1, 0.15) is 35.7 Å². The third-order valence-electron chi connectivity index (χ3n) is 6.94. The number of halogens is 3. The van der Waals surface area contributed by atoms with E-state index < -0.39 is 11.9 Å². The maximum absolute atomic E-state index is 13.1. The summed E-state index contributed by atoms with van der Waals surface area (Å²) in [7, 11) is 3.89. The van der Waals surface area contributed by atoms with E-state index in [9.17, 15) is 13.2 Å². The fraction of sp³-hybridized carbons (Fsp3) is 0.250. The fourth-order valence-corrected chi connectivity index (χ4v) is 4.76. The molecule has 9 heteroatoms. The molecule has 0 unspecified atom stereocenters. The van der Waals surface area contributed by atoms with Crippen LogP contribution in [0.4, 0.5) is 24.7 Å². The Morgan fingerprint density at radius 3 is 2.41 bits per heavy atom. The van der Waals surface area contributed by atoms with Gasteiger partial charge in [0.25, 0.3) is 0 Å². The van der Waals surface area contributed by atoms with Crippen molar-refractivity contribution in [2.24, 2.45) is 7.05 Å². The molecular weight excluding hydrogens is 477 g/mol. The molecular formula is C28H25F3N6. The number of hydrogen-bond acceptors (Lipinski definition) is 4. The number of aryl methyl sites for hydroxylation is 2. The molecule has 0 saturated heterocycles. The molecule has 0 aliphatic heterocycles. The summed E-state index contributed by atoms with van der Waals surface area (Å²) >= 11 is 0. The lowest BCUT2D eigenvalue weighted by molar-refractivity contribution is -0.141. The highest BCUT2D eigenvalue weighted by molar-refractivity contribution is 5.93. The Bertz CT molecular complexity index is 1610. The summed E-state index contributed by atoms with van der Waals surface area (Å²) < 4.78 is 42.6. The smallest absolute Gasteiger partial charge is 0.334 e. The van der Waals surface area contributed by atoms with Gasteiger partial charge in [-0.25, -0.2) is 14.6 Å². The van der Waals surface area contributed by atoms with E-state index in [2.05, 4.69) is 28.3 Å². The van der Waals surface area contributed by atoms with Crippen LogP contribution in [0.15, 0.2) is 67.0 Å². The molecule has 1 fully saturated rings. The number of imidazole rings is 1. The van der Waals surface area contributed by atoms with Gasteiger partial charge in [-0.05, 0) is 61.6 Å². The highest BCUT2D eigenvalue weighted by Gasteiger charge is 2.34. The number of pyridine rings is 1. The average molecular weight is 503 g/mol. The Kier molecular flexibility index (Phi) is 5.33. The molecule has 2 aromatic carbocycles. The van der Waals surface area contributed by atoms with Crippen molar-refractivity contribution in [2.45, 2.75) is 31.9 Å². The van der Waals surface area contributed by atoms with E-state index in [1.807, 2.05) is 47.8 Å². The fourth-order valence-electron chi connectivity index (χ4n) is 4.76. The molecule has 0 atom stereocenters. The molecule has 1 saturated carbocycles. The van der Waals surface area contributed by atoms with Gasteiger partial charge in [0.1, 0.15) is 17.0 Å². The first kappa shape index (κ1) is 23.3. The zero-order chi connectivity index (χ0) is 25.9. The van der Waals surface area contributed by atoms with E-state index in [0.717, 1.165) is 39.9 Å². The van der Waals surface area contributed by atoms with Crippen LogP contribution in [-0.4, -0.2) is 31.4 Å². The van der Waals surface area contributed by atoms with Crippen molar-refractivity contribution in [3.05, 3.63) is 83.9 Å². The minimum atomic E-state index is -4.48. The minimum absolute atomic E-state index is 0.413. The minimum Gasteiger partial charge on any atom is -0.334 e. The van der Waals surface area contributed by atoms with Gasteiger partial charge in [-0.15, -0.1) is 0 Å². The Morgan fingerprint density at radius 1 is 1.00 bits per heavy atom. The van der Waals surface area contributed by atoms with E-state index in [1.165, 1.54) is 23.1 Å². The van der Waals surface area contributed by atoms with Crippen molar-refractivity contribution < 1.29 is 13.2 Å². The summed E-state index contributed by atoms with van der Waals surface area (Å²) in [4.78, 5) is 11.7. The van der Waals surface area contributed by atoms with Crippen LogP contribution in [0.3, 0.4) is 0 Å². The molecule has 0 bridgehead atoms. The molecule has 37 heavy (non-hydrogen) atoms. The average Bonchev–Trinajstić information content (AvgIpc) is 3.56. The highest BCUT2D eigenvalue weighted by atomic mass is 19.4. The van der Waals surface area contributed by atoms with E-state index in [0.29, 0.717) is 17.3 Å². The van der Waals surface area contributed by atoms with Crippen LogP contribution in [0.2, 0.25) is 0 Å². The van der Waals surface area contributed by atoms with Gasteiger partial charge in [0.15, 0.2) is 5.69 Å². The largest absolute Gasteiger partial charge is 0.435 e. The van der Waals surface area contributed by atoms with Gasteiger partial charge in [0, 0.05) is 37.1 Å².